The summed E-state index contributed by atoms with van der Waals surface area (Å²) in [6, 6.07) is 5.16. The second kappa shape index (κ2) is 6.74. The number of amidine groups is 1. The highest BCUT2D eigenvalue weighted by Crippen LogP contribution is 2.34. The summed E-state index contributed by atoms with van der Waals surface area (Å²) in [7, 11) is 1.44. The Balaban J connectivity index is 2.26. The van der Waals surface area contributed by atoms with Crippen LogP contribution in [0.4, 0.5) is 4.79 Å². The van der Waals surface area contributed by atoms with Gasteiger partial charge in [0, 0.05) is 18.2 Å². The predicted molar refractivity (Wildman–Crippen MR) is 93.3 cm³/mol. The maximum atomic E-state index is 11.1. The van der Waals surface area contributed by atoms with Gasteiger partial charge in [0.1, 0.15) is 18.2 Å². The second-order valence-corrected chi connectivity index (χ2v) is 6.56. The maximum Gasteiger partial charge on any atom is 0.320 e. The van der Waals surface area contributed by atoms with Gasteiger partial charge in [-0.15, -0.1) is 0 Å². The zero-order valence-electron chi connectivity index (χ0n) is 14.4. The molecule has 0 saturated carbocycles. The third-order valence-electron chi connectivity index (χ3n) is 3.70. The predicted octanol–water partition coefficient (Wildman–Crippen LogP) is 2.74. The molecule has 7 heteroatoms. The fraction of sp³-hybridized carbons (Fsp3) is 0.353. The van der Waals surface area contributed by atoms with Gasteiger partial charge >= 0.3 is 6.03 Å². The van der Waals surface area contributed by atoms with Gasteiger partial charge in [0.05, 0.1) is 18.2 Å². The van der Waals surface area contributed by atoms with Crippen LogP contribution in [-0.2, 0) is 5.41 Å². The summed E-state index contributed by atoms with van der Waals surface area (Å²) in [4.78, 5) is 19.3. The first-order valence-electron chi connectivity index (χ1n) is 7.57. The second-order valence-electron chi connectivity index (χ2n) is 6.56. The van der Waals surface area contributed by atoms with Crippen LogP contribution in [0.3, 0.4) is 0 Å². The summed E-state index contributed by atoms with van der Waals surface area (Å²) in [5, 5.41) is 7.84. The number of hydrogen-bond donors (Lipinski definition) is 3. The molecule has 128 valence electrons. The van der Waals surface area contributed by atoms with Crippen LogP contribution >= 0.6 is 0 Å². The Bertz CT molecular complexity index is 732. The number of likely N-dealkylation sites (N-methyl/N-ethyl adjacent to an activating group) is 1. The number of hydrogen-bond acceptors (Lipinski definition) is 4. The largest absolute Gasteiger partial charge is 0.485 e. The van der Waals surface area contributed by atoms with E-state index in [9.17, 15) is 4.79 Å². The van der Waals surface area contributed by atoms with E-state index in [1.807, 2.05) is 18.2 Å². The van der Waals surface area contributed by atoms with Crippen LogP contribution in [0.5, 0.6) is 5.75 Å². The molecular formula is C17H23N5O2. The molecule has 0 aliphatic rings. The number of nitrogens with one attached hydrogen (secondary N) is 2. The zero-order chi connectivity index (χ0) is 17.9. The topological polar surface area (TPSA) is 108 Å². The fourth-order valence-corrected chi connectivity index (χ4v) is 2.20. The van der Waals surface area contributed by atoms with Crippen molar-refractivity contribution in [2.75, 3.05) is 13.7 Å². The van der Waals surface area contributed by atoms with Crippen molar-refractivity contribution in [1.82, 2.24) is 14.9 Å². The minimum absolute atomic E-state index is 0.00000336. The lowest BCUT2D eigenvalue weighted by Gasteiger charge is -2.24. The molecule has 1 aromatic heterocycles. The number of aromatic nitrogens is 2. The number of ether oxygens (including phenoxy) is 1. The first kappa shape index (κ1) is 17.5. The average Bonchev–Trinajstić information content (AvgIpc) is 3.05. The third-order valence-corrected chi connectivity index (χ3v) is 3.70. The standard InChI is InChI=1S/C17H23N5O2/c1-17(2,3)12-7-11(13-8-20-10-21-13)5-6-14(12)24-9-15(18)22(4)16(19)23/h5-8,10,18H,9H2,1-4H3,(H2,19,23)(H,20,21). The lowest BCUT2D eigenvalue weighted by Crippen LogP contribution is -2.39. The molecule has 0 bridgehead atoms. The number of nitrogens with zero attached hydrogens (tertiary/aromatic N) is 2. The SMILES string of the molecule is CN(C(=N)COc1ccc(-c2cnc[nH]2)cc1C(C)(C)C)C(N)=O. The molecule has 0 radical (unpaired) electrons. The smallest absolute Gasteiger partial charge is 0.320 e. The number of carbonyl (C=O) groups is 1. The molecule has 0 aliphatic heterocycles. The van der Waals surface area contributed by atoms with Crippen LogP contribution in [-0.4, -0.2) is 40.4 Å². The Labute approximate surface area is 141 Å². The van der Waals surface area contributed by atoms with Gasteiger partial charge in [0.25, 0.3) is 0 Å². The Morgan fingerprint density at radius 2 is 2.12 bits per heavy atom. The summed E-state index contributed by atoms with van der Waals surface area (Å²) in [6.45, 7) is 6.23. The fourth-order valence-electron chi connectivity index (χ4n) is 2.20. The highest BCUT2D eigenvalue weighted by atomic mass is 16.5. The van der Waals surface area contributed by atoms with E-state index in [1.165, 1.54) is 7.05 Å². The number of benzene rings is 1. The van der Waals surface area contributed by atoms with Gasteiger partial charge in [-0.05, 0) is 23.6 Å². The molecule has 1 aromatic carbocycles. The van der Waals surface area contributed by atoms with Crippen molar-refractivity contribution in [1.29, 1.82) is 5.41 Å². The van der Waals surface area contributed by atoms with E-state index in [-0.39, 0.29) is 17.9 Å². The molecule has 0 unspecified atom stereocenters. The molecule has 0 atom stereocenters. The average molecular weight is 329 g/mol. The first-order chi connectivity index (χ1) is 11.2. The zero-order valence-corrected chi connectivity index (χ0v) is 14.4. The summed E-state index contributed by atoms with van der Waals surface area (Å²) < 4.78 is 5.77. The molecule has 0 saturated heterocycles. The monoisotopic (exact) mass is 329 g/mol. The van der Waals surface area contributed by atoms with E-state index in [0.717, 1.165) is 21.7 Å². The molecule has 2 rings (SSSR count). The Kier molecular flexibility index (Phi) is 4.92. The van der Waals surface area contributed by atoms with Gasteiger partial charge in [-0.1, -0.05) is 20.8 Å². The number of nitrogens with two attached hydrogens (primary N) is 1. The summed E-state index contributed by atoms with van der Waals surface area (Å²) >= 11 is 0. The first-order valence-corrected chi connectivity index (χ1v) is 7.57. The van der Waals surface area contributed by atoms with Crippen LogP contribution in [0, 0.1) is 5.41 Å². The number of rotatable bonds is 4. The number of carbonyl (C=O) groups excluding carboxylic acids is 1. The molecular weight excluding hydrogens is 306 g/mol. The quantitative estimate of drug-likeness (QED) is 0.593. The van der Waals surface area contributed by atoms with Gasteiger partial charge in [-0.25, -0.2) is 9.78 Å². The Morgan fingerprint density at radius 1 is 1.42 bits per heavy atom. The number of aromatic amines is 1. The number of imidazole rings is 1. The third kappa shape index (κ3) is 3.92. The van der Waals surface area contributed by atoms with E-state index >= 15 is 0 Å². The highest BCUT2D eigenvalue weighted by Gasteiger charge is 2.21. The molecule has 4 N–H and O–H groups in total. The van der Waals surface area contributed by atoms with Crippen molar-refractivity contribution >= 4 is 11.9 Å². The van der Waals surface area contributed by atoms with Crippen molar-refractivity contribution in [3.8, 4) is 17.0 Å². The number of H-pyrrole nitrogens is 1. The highest BCUT2D eigenvalue weighted by molar-refractivity contribution is 5.95. The normalized spacial score (nSPS) is 11.2. The molecule has 7 nitrogen and oxygen atoms in total. The minimum atomic E-state index is -0.686. The summed E-state index contributed by atoms with van der Waals surface area (Å²) in [5.74, 6) is 0.674. The maximum absolute atomic E-state index is 11.1. The molecule has 0 fully saturated rings. The Hall–Kier alpha value is -2.83. The van der Waals surface area contributed by atoms with Gasteiger partial charge in [-0.2, -0.15) is 0 Å². The van der Waals surface area contributed by atoms with Gasteiger partial charge in [0.15, 0.2) is 0 Å². The van der Waals surface area contributed by atoms with Crippen molar-refractivity contribution in [2.24, 2.45) is 5.73 Å². The van der Waals surface area contributed by atoms with Crippen molar-refractivity contribution in [3.05, 3.63) is 36.3 Å². The van der Waals surface area contributed by atoms with E-state index < -0.39 is 6.03 Å². The molecule has 0 spiro atoms. The van der Waals surface area contributed by atoms with Gasteiger partial charge in [-0.3, -0.25) is 10.3 Å². The van der Waals surface area contributed by atoms with Gasteiger partial charge < -0.3 is 15.5 Å². The van der Waals surface area contributed by atoms with Crippen LogP contribution < -0.4 is 10.5 Å². The van der Waals surface area contributed by atoms with E-state index in [0.29, 0.717) is 5.75 Å². The summed E-state index contributed by atoms with van der Waals surface area (Å²) in [5.41, 5.74) is 7.95. The molecule has 0 aliphatic carbocycles. The van der Waals surface area contributed by atoms with Gasteiger partial charge in [0.2, 0.25) is 0 Å². The van der Waals surface area contributed by atoms with Crippen LogP contribution in [0.25, 0.3) is 11.3 Å². The number of urea groups is 1. The Morgan fingerprint density at radius 3 is 2.67 bits per heavy atom. The number of amides is 2. The van der Waals surface area contributed by atoms with Crippen molar-refractivity contribution in [2.45, 2.75) is 26.2 Å². The lowest BCUT2D eigenvalue weighted by atomic mass is 9.85. The molecule has 1 heterocycles. The molecule has 2 aromatic rings. The lowest BCUT2D eigenvalue weighted by molar-refractivity contribution is 0.232. The minimum Gasteiger partial charge on any atom is -0.485 e. The van der Waals surface area contributed by atoms with Crippen LogP contribution in [0.1, 0.15) is 26.3 Å². The molecule has 2 amide bonds. The molecule has 24 heavy (non-hydrogen) atoms. The van der Waals surface area contributed by atoms with E-state index in [2.05, 4.69) is 30.7 Å². The van der Waals surface area contributed by atoms with Crippen LogP contribution in [0.2, 0.25) is 0 Å². The summed E-state index contributed by atoms with van der Waals surface area (Å²) in [6.07, 6.45) is 3.40. The number of primary amides is 1. The van der Waals surface area contributed by atoms with E-state index in [4.69, 9.17) is 15.9 Å². The van der Waals surface area contributed by atoms with Crippen molar-refractivity contribution < 1.29 is 9.53 Å². The van der Waals surface area contributed by atoms with Crippen LogP contribution in [0.15, 0.2) is 30.7 Å². The van der Waals surface area contributed by atoms with Crippen molar-refractivity contribution in [3.63, 3.8) is 0 Å². The van der Waals surface area contributed by atoms with E-state index in [1.54, 1.807) is 12.5 Å².